The van der Waals surface area contributed by atoms with Crippen molar-refractivity contribution in [2.45, 2.75) is 13.0 Å². The van der Waals surface area contributed by atoms with E-state index in [1.165, 1.54) is 18.4 Å². The predicted molar refractivity (Wildman–Crippen MR) is 67.7 cm³/mol. The Kier molecular flexibility index (Phi) is 5.61. The Labute approximate surface area is 105 Å². The maximum atomic E-state index is 11.1. The van der Waals surface area contributed by atoms with Gasteiger partial charge in [0.1, 0.15) is 0 Å². The highest BCUT2D eigenvalue weighted by atomic mass is 32.2. The molecular weight excluding hydrogens is 260 g/mol. The number of rotatable bonds is 5. The van der Waals surface area contributed by atoms with E-state index < -0.39 is 10.2 Å². The van der Waals surface area contributed by atoms with E-state index in [0.29, 0.717) is 6.42 Å². The molecule has 0 aromatic carbocycles. The molecule has 0 aliphatic carbocycles. The molecule has 1 aromatic heterocycles. The van der Waals surface area contributed by atoms with Gasteiger partial charge in [-0.15, -0.1) is 11.3 Å². The van der Waals surface area contributed by atoms with Gasteiger partial charge in [0.25, 0.3) is 10.2 Å². The Morgan fingerprint density at radius 2 is 2.24 bits per heavy atom. The van der Waals surface area contributed by atoms with Crippen molar-refractivity contribution in [3.63, 3.8) is 0 Å². The number of thiophene rings is 1. The van der Waals surface area contributed by atoms with Gasteiger partial charge >= 0.3 is 0 Å². The van der Waals surface area contributed by atoms with Crippen LogP contribution in [0, 0.1) is 11.8 Å². The molecular formula is C10H14N2O3S2. The average molecular weight is 274 g/mol. The smallest absolute Gasteiger partial charge is 0.276 e. The van der Waals surface area contributed by atoms with Crippen LogP contribution < -0.4 is 9.44 Å². The van der Waals surface area contributed by atoms with Crippen LogP contribution in [0.2, 0.25) is 0 Å². The van der Waals surface area contributed by atoms with Crippen molar-refractivity contribution < 1.29 is 13.5 Å². The van der Waals surface area contributed by atoms with Gasteiger partial charge in [-0.3, -0.25) is 0 Å². The Bertz CT molecular complexity index is 511. The summed E-state index contributed by atoms with van der Waals surface area (Å²) in [6.45, 7) is 0.294. The molecule has 0 saturated heterocycles. The lowest BCUT2D eigenvalue weighted by Gasteiger charge is -2.01. The maximum absolute atomic E-state index is 11.1. The van der Waals surface area contributed by atoms with Crippen molar-refractivity contribution in [3.05, 3.63) is 21.9 Å². The summed E-state index contributed by atoms with van der Waals surface area (Å²) >= 11 is 1.42. The highest BCUT2D eigenvalue weighted by Crippen LogP contribution is 2.15. The standard InChI is InChI=1S/C10H14N2O3S2/c1-11-17(14,15)12-8-10-6-5-9(16-10)4-2-3-7-13/h5-6,11-13H,3,7-8H2,1H3. The zero-order chi connectivity index (χ0) is 12.7. The van der Waals surface area contributed by atoms with Crippen molar-refractivity contribution in [2.75, 3.05) is 13.7 Å². The minimum Gasteiger partial charge on any atom is -0.395 e. The van der Waals surface area contributed by atoms with Crippen LogP contribution in [0.1, 0.15) is 16.2 Å². The quantitative estimate of drug-likeness (QED) is 0.663. The Balaban J connectivity index is 2.55. The van der Waals surface area contributed by atoms with Crippen molar-refractivity contribution in [3.8, 4) is 11.8 Å². The summed E-state index contributed by atoms with van der Waals surface area (Å²) in [6.07, 6.45) is 0.444. The number of hydrogen-bond acceptors (Lipinski definition) is 4. The molecule has 0 amide bonds. The van der Waals surface area contributed by atoms with E-state index in [1.807, 2.05) is 12.1 Å². The van der Waals surface area contributed by atoms with Gasteiger partial charge in [0.2, 0.25) is 0 Å². The van der Waals surface area contributed by atoms with E-state index in [2.05, 4.69) is 21.3 Å². The predicted octanol–water partition coefficient (Wildman–Crippen LogP) is 0.0358. The lowest BCUT2D eigenvalue weighted by molar-refractivity contribution is 0.305. The van der Waals surface area contributed by atoms with Gasteiger partial charge in [-0.25, -0.2) is 4.72 Å². The number of aliphatic hydroxyl groups is 1. The molecule has 94 valence electrons. The minimum absolute atomic E-state index is 0.0488. The van der Waals surface area contributed by atoms with Crippen molar-refractivity contribution in [1.29, 1.82) is 0 Å². The van der Waals surface area contributed by atoms with Crippen LogP contribution in [0.3, 0.4) is 0 Å². The highest BCUT2D eigenvalue weighted by Gasteiger charge is 2.06. The van der Waals surface area contributed by atoms with Gasteiger partial charge in [0.15, 0.2) is 0 Å². The fourth-order valence-corrected chi connectivity index (χ4v) is 2.39. The molecule has 1 aromatic rings. The zero-order valence-electron chi connectivity index (χ0n) is 9.36. The van der Waals surface area contributed by atoms with Crippen LogP contribution in [-0.4, -0.2) is 27.2 Å². The summed E-state index contributed by atoms with van der Waals surface area (Å²) in [5, 5.41) is 8.57. The van der Waals surface area contributed by atoms with Crippen LogP contribution in [0.15, 0.2) is 12.1 Å². The van der Waals surface area contributed by atoms with Crippen LogP contribution in [0.5, 0.6) is 0 Å². The molecule has 0 aliphatic rings. The second-order valence-corrected chi connectivity index (χ2v) is 5.94. The van der Waals surface area contributed by atoms with Crippen LogP contribution in [0.4, 0.5) is 0 Å². The third-order valence-electron chi connectivity index (χ3n) is 1.82. The van der Waals surface area contributed by atoms with Gasteiger partial charge in [-0.1, -0.05) is 11.8 Å². The fourth-order valence-electron chi connectivity index (χ4n) is 0.984. The van der Waals surface area contributed by atoms with E-state index in [9.17, 15) is 8.42 Å². The van der Waals surface area contributed by atoms with Gasteiger partial charge in [-0.2, -0.15) is 13.1 Å². The molecule has 0 aliphatic heterocycles. The van der Waals surface area contributed by atoms with Crippen molar-refractivity contribution in [1.82, 2.24) is 9.44 Å². The first-order chi connectivity index (χ1) is 8.07. The molecule has 17 heavy (non-hydrogen) atoms. The number of nitrogens with one attached hydrogen (secondary N) is 2. The fraction of sp³-hybridized carbons (Fsp3) is 0.400. The molecule has 0 saturated carbocycles. The highest BCUT2D eigenvalue weighted by molar-refractivity contribution is 7.87. The molecule has 5 nitrogen and oxygen atoms in total. The molecule has 0 unspecified atom stereocenters. The third-order valence-corrected chi connectivity index (χ3v) is 3.88. The van der Waals surface area contributed by atoms with E-state index in [4.69, 9.17) is 5.11 Å². The monoisotopic (exact) mass is 274 g/mol. The molecule has 0 bridgehead atoms. The normalized spacial score (nSPS) is 10.9. The molecule has 0 atom stereocenters. The molecule has 0 radical (unpaired) electrons. The van der Waals surface area contributed by atoms with E-state index >= 15 is 0 Å². The summed E-state index contributed by atoms with van der Waals surface area (Å²) < 4.78 is 26.8. The molecule has 7 heteroatoms. The first-order valence-electron chi connectivity index (χ1n) is 4.94. The summed E-state index contributed by atoms with van der Waals surface area (Å²) in [7, 11) is -2.04. The van der Waals surface area contributed by atoms with Crippen LogP contribution in [-0.2, 0) is 16.8 Å². The SMILES string of the molecule is CNS(=O)(=O)NCc1ccc(C#CCCO)s1. The Morgan fingerprint density at radius 3 is 2.88 bits per heavy atom. The number of hydrogen-bond donors (Lipinski definition) is 3. The summed E-state index contributed by atoms with van der Waals surface area (Å²) in [4.78, 5) is 1.74. The first-order valence-corrected chi connectivity index (χ1v) is 7.24. The summed E-state index contributed by atoms with van der Waals surface area (Å²) in [6, 6.07) is 3.66. The van der Waals surface area contributed by atoms with Crippen LogP contribution >= 0.6 is 11.3 Å². The lowest BCUT2D eigenvalue weighted by Crippen LogP contribution is -2.33. The van der Waals surface area contributed by atoms with Crippen molar-refractivity contribution in [2.24, 2.45) is 0 Å². The van der Waals surface area contributed by atoms with Crippen LogP contribution in [0.25, 0.3) is 0 Å². The first kappa shape index (κ1) is 14.2. The minimum atomic E-state index is -3.39. The van der Waals surface area contributed by atoms with Gasteiger partial charge in [-0.05, 0) is 12.1 Å². The third kappa shape index (κ3) is 5.30. The molecule has 3 N–H and O–H groups in total. The number of aliphatic hydroxyl groups excluding tert-OH is 1. The maximum Gasteiger partial charge on any atom is 0.276 e. The lowest BCUT2D eigenvalue weighted by atomic mass is 10.4. The topological polar surface area (TPSA) is 78.4 Å². The van der Waals surface area contributed by atoms with Gasteiger partial charge in [0, 0.05) is 24.9 Å². The molecule has 0 spiro atoms. The second kappa shape index (κ2) is 6.74. The summed E-state index contributed by atoms with van der Waals surface area (Å²) in [5.74, 6) is 5.70. The Morgan fingerprint density at radius 1 is 1.47 bits per heavy atom. The summed E-state index contributed by atoms with van der Waals surface area (Å²) in [5.41, 5.74) is 0. The second-order valence-electron chi connectivity index (χ2n) is 3.07. The molecule has 1 rings (SSSR count). The van der Waals surface area contributed by atoms with E-state index in [0.717, 1.165) is 9.75 Å². The van der Waals surface area contributed by atoms with E-state index in [1.54, 1.807) is 0 Å². The Hall–Kier alpha value is -0.910. The molecule has 0 fully saturated rings. The zero-order valence-corrected chi connectivity index (χ0v) is 11.0. The van der Waals surface area contributed by atoms with Crippen molar-refractivity contribution >= 4 is 21.5 Å². The largest absolute Gasteiger partial charge is 0.395 e. The average Bonchev–Trinajstić information content (AvgIpc) is 2.75. The van der Waals surface area contributed by atoms with Gasteiger partial charge in [0.05, 0.1) is 11.5 Å². The molecule has 1 heterocycles. The van der Waals surface area contributed by atoms with E-state index in [-0.39, 0.29) is 13.2 Å². The van der Waals surface area contributed by atoms with Gasteiger partial charge < -0.3 is 5.11 Å².